The van der Waals surface area contributed by atoms with Crippen molar-refractivity contribution in [2.24, 2.45) is 0 Å². The Bertz CT molecular complexity index is 962. The van der Waals surface area contributed by atoms with Crippen molar-refractivity contribution in [3.63, 3.8) is 0 Å². The van der Waals surface area contributed by atoms with Gasteiger partial charge in [-0.2, -0.15) is 12.7 Å². The highest BCUT2D eigenvalue weighted by Crippen LogP contribution is 2.24. The Morgan fingerprint density at radius 3 is 1.96 bits per heavy atom. The number of aromatic hydroxyl groups is 1. The topological polar surface area (TPSA) is 110 Å². The van der Waals surface area contributed by atoms with Crippen LogP contribution in [-0.4, -0.2) is 52.6 Å². The van der Waals surface area contributed by atoms with Gasteiger partial charge in [0.2, 0.25) is 10.0 Å². The summed E-state index contributed by atoms with van der Waals surface area (Å²) in [6.45, 7) is 1.22. The van der Waals surface area contributed by atoms with Gasteiger partial charge in [-0.1, -0.05) is 0 Å². The minimum absolute atomic E-state index is 0.0148. The van der Waals surface area contributed by atoms with E-state index in [1.807, 2.05) is 0 Å². The highest BCUT2D eigenvalue weighted by Gasteiger charge is 2.26. The van der Waals surface area contributed by atoms with Crippen molar-refractivity contribution >= 4 is 20.1 Å². The van der Waals surface area contributed by atoms with Crippen LogP contribution in [0, 0.1) is 0 Å². The number of rotatable bonds is 5. The van der Waals surface area contributed by atoms with Crippen LogP contribution in [0.1, 0.15) is 0 Å². The van der Waals surface area contributed by atoms with Crippen LogP contribution in [-0.2, 0) is 24.9 Å². The van der Waals surface area contributed by atoms with E-state index >= 15 is 0 Å². The fraction of sp³-hybridized carbons (Fsp3) is 0.250. The van der Waals surface area contributed by atoms with Gasteiger partial charge in [-0.05, 0) is 48.5 Å². The maximum atomic E-state index is 12.5. The fourth-order valence-corrected chi connectivity index (χ4v) is 4.73. The zero-order valence-electron chi connectivity index (χ0n) is 13.6. The average molecular weight is 399 g/mol. The molecular formula is C16H17NO7S2. The highest BCUT2D eigenvalue weighted by molar-refractivity contribution is 7.89. The van der Waals surface area contributed by atoms with Crippen LogP contribution in [0.25, 0.3) is 0 Å². The van der Waals surface area contributed by atoms with Crippen molar-refractivity contribution in [2.45, 2.75) is 9.79 Å². The minimum atomic E-state index is -4.09. The molecule has 1 saturated heterocycles. The molecule has 1 N–H and O–H groups in total. The van der Waals surface area contributed by atoms with E-state index < -0.39 is 20.1 Å². The van der Waals surface area contributed by atoms with Gasteiger partial charge in [-0.3, -0.25) is 0 Å². The first kappa shape index (κ1) is 18.6. The van der Waals surface area contributed by atoms with Gasteiger partial charge in [0.15, 0.2) is 0 Å². The number of morpholine rings is 1. The number of sulfonamides is 1. The molecule has 10 heteroatoms. The summed E-state index contributed by atoms with van der Waals surface area (Å²) in [5.74, 6) is -0.0828. The number of benzene rings is 2. The molecule has 1 fully saturated rings. The Morgan fingerprint density at radius 1 is 0.846 bits per heavy atom. The summed E-state index contributed by atoms with van der Waals surface area (Å²) in [6, 6.07) is 10.0. The van der Waals surface area contributed by atoms with Crippen LogP contribution in [0.4, 0.5) is 0 Å². The molecule has 0 aliphatic carbocycles. The number of phenols is 1. The molecule has 0 spiro atoms. The molecule has 1 aliphatic heterocycles. The second-order valence-electron chi connectivity index (χ2n) is 5.52. The molecule has 140 valence electrons. The average Bonchev–Trinajstić information content (AvgIpc) is 2.63. The molecule has 2 aromatic carbocycles. The van der Waals surface area contributed by atoms with Gasteiger partial charge in [0, 0.05) is 13.1 Å². The summed E-state index contributed by atoms with van der Waals surface area (Å²) in [5, 5.41) is 9.22. The zero-order valence-corrected chi connectivity index (χ0v) is 15.2. The van der Waals surface area contributed by atoms with E-state index in [-0.39, 0.29) is 34.4 Å². The third-order valence-electron chi connectivity index (χ3n) is 3.76. The number of hydrogen-bond donors (Lipinski definition) is 1. The third kappa shape index (κ3) is 3.98. The first-order valence-corrected chi connectivity index (χ1v) is 10.6. The molecule has 0 bridgehead atoms. The summed E-state index contributed by atoms with van der Waals surface area (Å²) in [4.78, 5) is -0.0749. The summed E-state index contributed by atoms with van der Waals surface area (Å²) in [7, 11) is -7.75. The lowest BCUT2D eigenvalue weighted by Gasteiger charge is -2.26. The van der Waals surface area contributed by atoms with Crippen LogP contribution >= 0.6 is 0 Å². The SMILES string of the molecule is O=S(=O)(Oc1ccc(S(=O)(=O)N2CCOCC2)cc1)c1ccc(O)cc1. The lowest BCUT2D eigenvalue weighted by molar-refractivity contribution is 0.0730. The normalized spacial score (nSPS) is 16.3. The number of nitrogens with zero attached hydrogens (tertiary/aromatic N) is 1. The molecule has 0 radical (unpaired) electrons. The second-order valence-corrected chi connectivity index (χ2v) is 9.00. The summed E-state index contributed by atoms with van der Waals surface area (Å²) < 4.78 is 60.9. The van der Waals surface area contributed by atoms with Gasteiger partial charge >= 0.3 is 10.1 Å². The van der Waals surface area contributed by atoms with Crippen molar-refractivity contribution in [2.75, 3.05) is 26.3 Å². The summed E-state index contributed by atoms with van der Waals surface area (Å²) in [6.07, 6.45) is 0. The van der Waals surface area contributed by atoms with Gasteiger partial charge in [0.25, 0.3) is 0 Å². The van der Waals surface area contributed by atoms with Crippen molar-refractivity contribution < 1.29 is 30.9 Å². The maximum absolute atomic E-state index is 12.5. The maximum Gasteiger partial charge on any atom is 0.339 e. The van der Waals surface area contributed by atoms with Crippen LogP contribution < -0.4 is 4.18 Å². The Labute approximate surface area is 151 Å². The van der Waals surface area contributed by atoms with Gasteiger partial charge in [-0.25, -0.2) is 8.42 Å². The summed E-state index contributed by atoms with van der Waals surface area (Å²) in [5.41, 5.74) is 0. The molecule has 1 aliphatic rings. The van der Waals surface area contributed by atoms with Gasteiger partial charge in [0.05, 0.1) is 18.1 Å². The van der Waals surface area contributed by atoms with E-state index in [2.05, 4.69) is 0 Å². The molecule has 0 aromatic heterocycles. The smallest absolute Gasteiger partial charge is 0.339 e. The standard InChI is InChI=1S/C16H17NO7S2/c18-13-1-5-16(6-2-13)26(21,22)24-14-3-7-15(8-4-14)25(19,20)17-9-11-23-12-10-17/h1-8,18H,9-12H2. The number of hydrogen-bond acceptors (Lipinski definition) is 7. The van der Waals surface area contributed by atoms with Crippen LogP contribution in [0.15, 0.2) is 58.3 Å². The highest BCUT2D eigenvalue weighted by atomic mass is 32.2. The largest absolute Gasteiger partial charge is 0.508 e. The Morgan fingerprint density at radius 2 is 1.38 bits per heavy atom. The fourth-order valence-electron chi connectivity index (χ4n) is 2.39. The minimum Gasteiger partial charge on any atom is -0.508 e. The second kappa shape index (κ2) is 7.23. The first-order valence-electron chi connectivity index (χ1n) is 7.70. The predicted octanol–water partition coefficient (Wildman–Crippen LogP) is 1.18. The molecule has 0 unspecified atom stereocenters. The molecule has 26 heavy (non-hydrogen) atoms. The Hall–Kier alpha value is -2.14. The van der Waals surface area contributed by atoms with Crippen molar-refractivity contribution in [1.29, 1.82) is 0 Å². The number of phenolic OH excluding ortho intramolecular Hbond substituents is 1. The molecule has 0 atom stereocenters. The van der Waals surface area contributed by atoms with Crippen LogP contribution in [0.2, 0.25) is 0 Å². The predicted molar refractivity (Wildman–Crippen MR) is 91.9 cm³/mol. The van der Waals surface area contributed by atoms with E-state index in [9.17, 15) is 21.9 Å². The lowest BCUT2D eigenvalue weighted by Crippen LogP contribution is -2.40. The van der Waals surface area contributed by atoms with E-state index in [0.29, 0.717) is 13.2 Å². The molecule has 1 heterocycles. The van der Waals surface area contributed by atoms with Gasteiger partial charge in [0.1, 0.15) is 16.4 Å². The molecule has 3 rings (SSSR count). The van der Waals surface area contributed by atoms with Gasteiger partial charge in [-0.15, -0.1) is 0 Å². The Kier molecular flexibility index (Phi) is 5.19. The lowest BCUT2D eigenvalue weighted by atomic mass is 10.3. The first-order chi connectivity index (χ1) is 12.3. The van der Waals surface area contributed by atoms with E-state index in [1.54, 1.807) is 0 Å². The van der Waals surface area contributed by atoms with Crippen molar-refractivity contribution in [3.05, 3.63) is 48.5 Å². The molecule has 8 nitrogen and oxygen atoms in total. The van der Waals surface area contributed by atoms with Crippen LogP contribution in [0.3, 0.4) is 0 Å². The monoisotopic (exact) mass is 399 g/mol. The molecule has 0 saturated carbocycles. The third-order valence-corrected chi connectivity index (χ3v) is 6.94. The quantitative estimate of drug-likeness (QED) is 0.752. The Balaban J connectivity index is 1.78. The van der Waals surface area contributed by atoms with E-state index in [0.717, 1.165) is 0 Å². The van der Waals surface area contributed by atoms with Crippen molar-refractivity contribution in [1.82, 2.24) is 4.31 Å². The molecular weight excluding hydrogens is 382 g/mol. The van der Waals surface area contributed by atoms with Crippen LogP contribution in [0.5, 0.6) is 11.5 Å². The van der Waals surface area contributed by atoms with Gasteiger partial charge < -0.3 is 14.0 Å². The van der Waals surface area contributed by atoms with E-state index in [4.69, 9.17) is 8.92 Å². The molecule has 0 amide bonds. The zero-order chi connectivity index (χ0) is 18.8. The number of ether oxygens (including phenoxy) is 1. The summed E-state index contributed by atoms with van der Waals surface area (Å²) >= 11 is 0. The van der Waals surface area contributed by atoms with Crippen molar-refractivity contribution in [3.8, 4) is 11.5 Å². The molecule has 2 aromatic rings. The van der Waals surface area contributed by atoms with E-state index in [1.165, 1.54) is 52.8 Å².